The van der Waals surface area contributed by atoms with E-state index >= 15 is 0 Å². The van der Waals surface area contributed by atoms with Crippen LogP contribution in [0.2, 0.25) is 0 Å². The van der Waals surface area contributed by atoms with E-state index in [4.69, 9.17) is 0 Å². The van der Waals surface area contributed by atoms with Gasteiger partial charge >= 0.3 is 0 Å². The molecular formula is C17H20F2N4O2. The number of hydrogen-bond donors (Lipinski definition) is 0. The molecule has 1 aromatic heterocycles. The van der Waals surface area contributed by atoms with E-state index in [1.165, 1.54) is 18.5 Å². The van der Waals surface area contributed by atoms with Crippen LogP contribution in [0.25, 0.3) is 0 Å². The largest absolute Gasteiger partial charge is 0.342 e. The van der Waals surface area contributed by atoms with Crippen molar-refractivity contribution < 1.29 is 18.4 Å². The van der Waals surface area contributed by atoms with Crippen LogP contribution in [0, 0.1) is 11.3 Å². The van der Waals surface area contributed by atoms with Crippen LogP contribution < -0.4 is 0 Å². The minimum absolute atomic E-state index is 0.0454. The van der Waals surface area contributed by atoms with Gasteiger partial charge in [0, 0.05) is 26.1 Å². The fourth-order valence-corrected chi connectivity index (χ4v) is 4.04. The van der Waals surface area contributed by atoms with Crippen LogP contribution in [0.3, 0.4) is 0 Å². The van der Waals surface area contributed by atoms with Crippen molar-refractivity contribution in [2.24, 2.45) is 11.3 Å². The Morgan fingerprint density at radius 3 is 2.76 bits per heavy atom. The SMILES string of the molecule is O=C(c1ccnnc1)N1CC(F)(F)C[C@]2(CCN(CC3CC3)C2=O)C1. The van der Waals surface area contributed by atoms with Gasteiger partial charge in [-0.1, -0.05) is 0 Å². The zero-order chi connectivity index (χ0) is 17.7. The fraction of sp³-hybridized carbons (Fsp3) is 0.647. The summed E-state index contributed by atoms with van der Waals surface area (Å²) in [5, 5.41) is 7.23. The third-order valence-electron chi connectivity index (χ3n) is 5.41. The first kappa shape index (κ1) is 16.4. The van der Waals surface area contributed by atoms with Gasteiger partial charge in [-0.2, -0.15) is 10.2 Å². The lowest BCUT2D eigenvalue weighted by Crippen LogP contribution is -2.57. The van der Waals surface area contributed by atoms with E-state index in [-0.39, 0.29) is 18.0 Å². The molecule has 1 spiro atoms. The molecule has 4 rings (SSSR count). The Bertz CT molecular complexity index is 695. The van der Waals surface area contributed by atoms with Crippen LogP contribution >= 0.6 is 0 Å². The van der Waals surface area contributed by atoms with Crippen LogP contribution in [-0.4, -0.2) is 63.9 Å². The van der Waals surface area contributed by atoms with E-state index in [0.717, 1.165) is 17.7 Å². The summed E-state index contributed by atoms with van der Waals surface area (Å²) in [7, 11) is 0. The molecule has 25 heavy (non-hydrogen) atoms. The molecule has 2 saturated heterocycles. The summed E-state index contributed by atoms with van der Waals surface area (Å²) in [6, 6.07) is 1.45. The van der Waals surface area contributed by atoms with Crippen LogP contribution in [0.15, 0.2) is 18.5 Å². The van der Waals surface area contributed by atoms with E-state index in [9.17, 15) is 18.4 Å². The molecule has 2 aliphatic heterocycles. The summed E-state index contributed by atoms with van der Waals surface area (Å²) in [6.45, 7) is 0.550. The minimum Gasteiger partial charge on any atom is -0.342 e. The van der Waals surface area contributed by atoms with E-state index < -0.39 is 30.2 Å². The molecule has 3 heterocycles. The van der Waals surface area contributed by atoms with Gasteiger partial charge in [-0.05, 0) is 31.2 Å². The zero-order valence-corrected chi connectivity index (χ0v) is 13.8. The van der Waals surface area contributed by atoms with Crippen molar-refractivity contribution in [3.8, 4) is 0 Å². The first-order valence-electron chi connectivity index (χ1n) is 8.62. The van der Waals surface area contributed by atoms with Gasteiger partial charge in [0.05, 0.1) is 29.9 Å². The van der Waals surface area contributed by atoms with E-state index in [1.54, 1.807) is 4.90 Å². The topological polar surface area (TPSA) is 66.4 Å². The molecule has 1 saturated carbocycles. The van der Waals surface area contributed by atoms with Gasteiger partial charge in [0.2, 0.25) is 5.91 Å². The Morgan fingerprint density at radius 2 is 2.08 bits per heavy atom. The van der Waals surface area contributed by atoms with Crippen molar-refractivity contribution in [2.45, 2.75) is 31.6 Å². The molecule has 1 aliphatic carbocycles. The average molecular weight is 350 g/mol. The predicted molar refractivity (Wildman–Crippen MR) is 83.9 cm³/mol. The number of rotatable bonds is 3. The normalized spacial score (nSPS) is 28.6. The highest BCUT2D eigenvalue weighted by molar-refractivity contribution is 5.95. The van der Waals surface area contributed by atoms with Crippen molar-refractivity contribution in [3.63, 3.8) is 0 Å². The Labute approximate surface area is 144 Å². The predicted octanol–water partition coefficient (Wildman–Crippen LogP) is 1.59. The Morgan fingerprint density at radius 1 is 1.28 bits per heavy atom. The number of nitrogens with zero attached hydrogens (tertiary/aromatic N) is 4. The monoisotopic (exact) mass is 350 g/mol. The molecule has 134 valence electrons. The summed E-state index contributed by atoms with van der Waals surface area (Å²) < 4.78 is 28.8. The third-order valence-corrected chi connectivity index (χ3v) is 5.41. The Balaban J connectivity index is 1.57. The molecule has 2 amide bonds. The number of carbonyl (C=O) groups is 2. The van der Waals surface area contributed by atoms with Gasteiger partial charge in [0.25, 0.3) is 11.8 Å². The number of piperidine rings is 1. The molecule has 3 fully saturated rings. The van der Waals surface area contributed by atoms with Gasteiger partial charge in [0.15, 0.2) is 0 Å². The standard InChI is InChI=1S/C17H20F2N4O2/c18-17(19)9-16(4-6-22(15(16)25)8-12-1-2-12)10-23(11-17)14(24)13-3-5-20-21-7-13/h3,5,7,12H,1-2,4,6,8-11H2/t16-/m1/s1. The van der Waals surface area contributed by atoms with Gasteiger partial charge < -0.3 is 9.80 Å². The van der Waals surface area contributed by atoms with Crippen molar-refractivity contribution in [3.05, 3.63) is 24.0 Å². The number of carbonyl (C=O) groups excluding carboxylic acids is 2. The second kappa shape index (κ2) is 5.71. The van der Waals surface area contributed by atoms with E-state index in [1.807, 2.05) is 0 Å². The molecule has 1 atom stereocenters. The first-order valence-corrected chi connectivity index (χ1v) is 8.62. The number of halogens is 2. The summed E-state index contributed by atoms with van der Waals surface area (Å²) in [6.07, 6.45) is 4.73. The highest BCUT2D eigenvalue weighted by atomic mass is 19.3. The summed E-state index contributed by atoms with van der Waals surface area (Å²) in [5.74, 6) is -3.30. The van der Waals surface area contributed by atoms with Gasteiger partial charge in [-0.25, -0.2) is 8.78 Å². The molecule has 0 N–H and O–H groups in total. The summed E-state index contributed by atoms with van der Waals surface area (Å²) >= 11 is 0. The fourth-order valence-electron chi connectivity index (χ4n) is 4.04. The molecule has 8 heteroatoms. The molecular weight excluding hydrogens is 330 g/mol. The number of hydrogen-bond acceptors (Lipinski definition) is 4. The average Bonchev–Trinajstić information content (AvgIpc) is 3.36. The molecule has 0 unspecified atom stereocenters. The molecule has 0 bridgehead atoms. The first-order chi connectivity index (χ1) is 11.9. The second-order valence-corrected chi connectivity index (χ2v) is 7.55. The van der Waals surface area contributed by atoms with E-state index in [2.05, 4.69) is 10.2 Å². The van der Waals surface area contributed by atoms with Gasteiger partial charge in [-0.15, -0.1) is 0 Å². The molecule has 3 aliphatic rings. The second-order valence-electron chi connectivity index (χ2n) is 7.55. The maximum atomic E-state index is 14.4. The quantitative estimate of drug-likeness (QED) is 0.830. The highest BCUT2D eigenvalue weighted by Crippen LogP contribution is 2.46. The molecule has 1 aromatic rings. The van der Waals surface area contributed by atoms with Crippen molar-refractivity contribution in [1.82, 2.24) is 20.0 Å². The lowest BCUT2D eigenvalue weighted by molar-refractivity contribution is -0.151. The number of amides is 2. The lowest BCUT2D eigenvalue weighted by Gasteiger charge is -2.42. The summed E-state index contributed by atoms with van der Waals surface area (Å²) in [4.78, 5) is 28.3. The van der Waals surface area contributed by atoms with Crippen molar-refractivity contribution in [1.29, 1.82) is 0 Å². The maximum absolute atomic E-state index is 14.4. The van der Waals surface area contributed by atoms with Gasteiger partial charge in [-0.3, -0.25) is 9.59 Å². The molecule has 6 nitrogen and oxygen atoms in total. The maximum Gasteiger partial charge on any atom is 0.266 e. The van der Waals surface area contributed by atoms with Crippen molar-refractivity contribution in [2.75, 3.05) is 26.2 Å². The minimum atomic E-state index is -3.07. The van der Waals surface area contributed by atoms with Crippen LogP contribution in [0.5, 0.6) is 0 Å². The molecule has 0 radical (unpaired) electrons. The van der Waals surface area contributed by atoms with Crippen molar-refractivity contribution >= 4 is 11.8 Å². The van der Waals surface area contributed by atoms with Crippen LogP contribution in [-0.2, 0) is 4.79 Å². The van der Waals surface area contributed by atoms with Crippen LogP contribution in [0.4, 0.5) is 8.78 Å². The zero-order valence-electron chi connectivity index (χ0n) is 13.8. The molecule has 0 aromatic carbocycles. The lowest BCUT2D eigenvalue weighted by atomic mass is 9.76. The number of alkyl halides is 2. The summed E-state index contributed by atoms with van der Waals surface area (Å²) in [5.41, 5.74) is -0.949. The van der Waals surface area contributed by atoms with Gasteiger partial charge in [0.1, 0.15) is 0 Å². The van der Waals surface area contributed by atoms with Crippen LogP contribution in [0.1, 0.15) is 36.0 Å². The highest BCUT2D eigenvalue weighted by Gasteiger charge is 2.57. The third kappa shape index (κ3) is 3.09. The number of aromatic nitrogens is 2. The Kier molecular flexibility index (Phi) is 3.73. The smallest absolute Gasteiger partial charge is 0.266 e. The number of likely N-dealkylation sites (tertiary alicyclic amines) is 2. The van der Waals surface area contributed by atoms with E-state index in [0.29, 0.717) is 25.4 Å². The Hall–Kier alpha value is -2.12.